The monoisotopic (exact) mass is 419 g/mol. The lowest BCUT2D eigenvalue weighted by Gasteiger charge is -2.30. The Kier molecular flexibility index (Phi) is 4.91. The minimum absolute atomic E-state index is 0.124. The van der Waals surface area contributed by atoms with Crippen LogP contribution in [0.3, 0.4) is 0 Å². The van der Waals surface area contributed by atoms with Gasteiger partial charge in [0, 0.05) is 29.4 Å². The summed E-state index contributed by atoms with van der Waals surface area (Å²) in [6.45, 7) is 2.87. The number of anilines is 1. The molecule has 31 heavy (non-hydrogen) atoms. The maximum absolute atomic E-state index is 14.2. The Balaban J connectivity index is 1.43. The number of hydrogen-bond acceptors (Lipinski definition) is 4. The Labute approximate surface area is 176 Å². The van der Waals surface area contributed by atoms with E-state index in [4.69, 9.17) is 0 Å². The van der Waals surface area contributed by atoms with Gasteiger partial charge in [-0.05, 0) is 55.4 Å². The van der Waals surface area contributed by atoms with Gasteiger partial charge in [0.2, 0.25) is 0 Å². The zero-order valence-corrected chi connectivity index (χ0v) is 16.5. The number of benzene rings is 2. The molecular formula is C23H19F2N5O. The predicted octanol–water partition coefficient (Wildman–Crippen LogP) is 4.36. The standard InChI is InChI=1S/C23H19F2N5O/c24-19-4-1-3-17(21(19)25)14-5-6-20-18(11-14)22(29-28-20)23(31)27-15-7-8-26-16(12-15)13-30-9-2-10-30/h1,3-8,11-12H,2,9-10,13H2,(H,28,29)(H,26,27,31). The fourth-order valence-corrected chi connectivity index (χ4v) is 3.68. The number of nitrogens with one attached hydrogen (secondary N) is 2. The van der Waals surface area contributed by atoms with E-state index in [1.54, 1.807) is 30.5 Å². The van der Waals surface area contributed by atoms with Gasteiger partial charge in [-0.3, -0.25) is 19.8 Å². The number of nitrogens with zero attached hydrogens (tertiary/aromatic N) is 3. The number of halogens is 2. The maximum Gasteiger partial charge on any atom is 0.276 e. The van der Waals surface area contributed by atoms with Crippen LogP contribution in [0, 0.1) is 11.6 Å². The molecule has 0 atom stereocenters. The summed E-state index contributed by atoms with van der Waals surface area (Å²) in [4.78, 5) is 19.5. The van der Waals surface area contributed by atoms with Gasteiger partial charge in [-0.25, -0.2) is 8.78 Å². The van der Waals surface area contributed by atoms with Crippen LogP contribution in [-0.2, 0) is 6.54 Å². The number of aromatic amines is 1. The van der Waals surface area contributed by atoms with Crippen LogP contribution in [0.5, 0.6) is 0 Å². The van der Waals surface area contributed by atoms with Crippen molar-refractivity contribution in [3.05, 3.63) is 77.8 Å². The van der Waals surface area contributed by atoms with Crippen molar-refractivity contribution >= 4 is 22.5 Å². The lowest BCUT2D eigenvalue weighted by Crippen LogP contribution is -2.36. The number of carbonyl (C=O) groups excluding carboxylic acids is 1. The van der Waals surface area contributed by atoms with Crippen LogP contribution in [0.4, 0.5) is 14.5 Å². The van der Waals surface area contributed by atoms with Crippen molar-refractivity contribution in [1.82, 2.24) is 20.1 Å². The molecule has 0 bridgehead atoms. The summed E-state index contributed by atoms with van der Waals surface area (Å²) in [6, 6.07) is 12.6. The molecule has 1 aliphatic heterocycles. The predicted molar refractivity (Wildman–Crippen MR) is 114 cm³/mol. The fraction of sp³-hybridized carbons (Fsp3) is 0.174. The molecule has 3 heterocycles. The van der Waals surface area contributed by atoms with Gasteiger partial charge >= 0.3 is 0 Å². The van der Waals surface area contributed by atoms with Crippen molar-refractivity contribution in [2.45, 2.75) is 13.0 Å². The first-order valence-electron chi connectivity index (χ1n) is 9.99. The third-order valence-electron chi connectivity index (χ3n) is 5.45. The van der Waals surface area contributed by atoms with E-state index in [0.29, 0.717) is 22.2 Å². The van der Waals surface area contributed by atoms with Crippen LogP contribution < -0.4 is 5.32 Å². The van der Waals surface area contributed by atoms with Gasteiger partial charge in [-0.15, -0.1) is 0 Å². The Morgan fingerprint density at radius 2 is 2.00 bits per heavy atom. The number of hydrogen-bond donors (Lipinski definition) is 2. The van der Waals surface area contributed by atoms with Crippen LogP contribution in [0.15, 0.2) is 54.7 Å². The largest absolute Gasteiger partial charge is 0.320 e. The molecule has 8 heteroatoms. The SMILES string of the molecule is O=C(Nc1ccnc(CN2CCC2)c1)c1n[nH]c2ccc(-c3cccc(F)c3F)cc12. The molecule has 1 saturated heterocycles. The van der Waals surface area contributed by atoms with Gasteiger partial charge in [0.1, 0.15) is 0 Å². The molecule has 0 unspecified atom stereocenters. The molecule has 1 aliphatic rings. The Morgan fingerprint density at radius 3 is 2.81 bits per heavy atom. The molecule has 4 aromatic rings. The minimum atomic E-state index is -0.928. The minimum Gasteiger partial charge on any atom is -0.320 e. The molecule has 2 N–H and O–H groups in total. The zero-order valence-electron chi connectivity index (χ0n) is 16.5. The highest BCUT2D eigenvalue weighted by Gasteiger charge is 2.18. The van der Waals surface area contributed by atoms with Crippen molar-refractivity contribution in [3.8, 4) is 11.1 Å². The molecular weight excluding hydrogens is 400 g/mol. The molecule has 1 fully saturated rings. The van der Waals surface area contributed by atoms with E-state index < -0.39 is 17.5 Å². The summed E-state index contributed by atoms with van der Waals surface area (Å²) >= 11 is 0. The number of aromatic nitrogens is 3. The topological polar surface area (TPSA) is 73.9 Å². The summed E-state index contributed by atoms with van der Waals surface area (Å²) in [7, 11) is 0. The first-order valence-corrected chi connectivity index (χ1v) is 9.99. The van der Waals surface area contributed by atoms with E-state index in [-0.39, 0.29) is 11.3 Å². The van der Waals surface area contributed by atoms with E-state index in [1.807, 2.05) is 6.07 Å². The first-order chi connectivity index (χ1) is 15.1. The van der Waals surface area contributed by atoms with Crippen molar-refractivity contribution in [2.24, 2.45) is 0 Å². The molecule has 1 amide bonds. The number of H-pyrrole nitrogens is 1. The number of amides is 1. The summed E-state index contributed by atoms with van der Waals surface area (Å²) in [5, 5.41) is 10.3. The third kappa shape index (κ3) is 3.77. The lowest BCUT2D eigenvalue weighted by atomic mass is 10.0. The molecule has 156 valence electrons. The van der Waals surface area contributed by atoms with Crippen LogP contribution in [0.1, 0.15) is 22.6 Å². The van der Waals surface area contributed by atoms with E-state index in [0.717, 1.165) is 31.4 Å². The van der Waals surface area contributed by atoms with Crippen LogP contribution in [0.25, 0.3) is 22.0 Å². The second-order valence-electron chi connectivity index (χ2n) is 7.55. The van der Waals surface area contributed by atoms with Crippen molar-refractivity contribution in [1.29, 1.82) is 0 Å². The van der Waals surface area contributed by atoms with Gasteiger partial charge in [0.25, 0.3) is 5.91 Å². The van der Waals surface area contributed by atoms with Crippen molar-refractivity contribution < 1.29 is 13.6 Å². The average molecular weight is 419 g/mol. The Morgan fingerprint density at radius 1 is 1.13 bits per heavy atom. The van der Waals surface area contributed by atoms with Crippen LogP contribution in [-0.4, -0.2) is 39.1 Å². The summed E-state index contributed by atoms with van der Waals surface area (Å²) < 4.78 is 27.9. The van der Waals surface area contributed by atoms with E-state index in [2.05, 4.69) is 25.4 Å². The molecule has 6 nitrogen and oxygen atoms in total. The molecule has 2 aromatic carbocycles. The lowest BCUT2D eigenvalue weighted by molar-refractivity contribution is 0.102. The fourth-order valence-electron chi connectivity index (χ4n) is 3.68. The number of pyridine rings is 1. The summed E-state index contributed by atoms with van der Waals surface area (Å²) in [6.07, 6.45) is 2.86. The molecule has 0 aliphatic carbocycles. The molecule has 5 rings (SSSR count). The summed E-state index contributed by atoms with van der Waals surface area (Å²) in [5.41, 5.74) is 2.89. The molecule has 0 saturated carbocycles. The second kappa shape index (κ2) is 7.88. The van der Waals surface area contributed by atoms with E-state index in [1.165, 1.54) is 18.6 Å². The van der Waals surface area contributed by atoms with Crippen molar-refractivity contribution in [2.75, 3.05) is 18.4 Å². The number of likely N-dealkylation sites (tertiary alicyclic amines) is 1. The average Bonchev–Trinajstić information content (AvgIpc) is 3.16. The molecule has 0 spiro atoms. The van der Waals surface area contributed by atoms with Gasteiger partial charge in [-0.2, -0.15) is 5.10 Å². The highest BCUT2D eigenvalue weighted by molar-refractivity contribution is 6.11. The zero-order chi connectivity index (χ0) is 21.4. The van der Waals surface area contributed by atoms with Crippen LogP contribution >= 0.6 is 0 Å². The second-order valence-corrected chi connectivity index (χ2v) is 7.55. The summed E-state index contributed by atoms with van der Waals surface area (Å²) in [5.74, 6) is -2.25. The highest BCUT2D eigenvalue weighted by atomic mass is 19.2. The Hall–Kier alpha value is -3.65. The number of carbonyl (C=O) groups is 1. The van der Waals surface area contributed by atoms with Crippen molar-refractivity contribution in [3.63, 3.8) is 0 Å². The molecule has 0 radical (unpaired) electrons. The van der Waals surface area contributed by atoms with E-state index >= 15 is 0 Å². The van der Waals surface area contributed by atoms with Gasteiger partial charge in [0.15, 0.2) is 17.3 Å². The van der Waals surface area contributed by atoms with Gasteiger partial charge in [0.05, 0.1) is 11.2 Å². The number of fused-ring (bicyclic) bond motifs is 1. The molecule has 2 aromatic heterocycles. The van der Waals surface area contributed by atoms with Gasteiger partial charge < -0.3 is 5.32 Å². The normalized spacial score (nSPS) is 13.9. The van der Waals surface area contributed by atoms with E-state index in [9.17, 15) is 13.6 Å². The quantitative estimate of drug-likeness (QED) is 0.504. The first kappa shape index (κ1) is 19.3. The van der Waals surface area contributed by atoms with Crippen LogP contribution in [0.2, 0.25) is 0 Å². The number of rotatable bonds is 5. The highest BCUT2D eigenvalue weighted by Crippen LogP contribution is 2.28. The van der Waals surface area contributed by atoms with Gasteiger partial charge in [-0.1, -0.05) is 18.2 Å². The third-order valence-corrected chi connectivity index (χ3v) is 5.45. The smallest absolute Gasteiger partial charge is 0.276 e. The Bertz CT molecular complexity index is 1280. The maximum atomic E-state index is 14.2.